The Bertz CT molecular complexity index is 351. The third-order valence-corrected chi connectivity index (χ3v) is 3.30. The van der Waals surface area contributed by atoms with Crippen LogP contribution in [0.1, 0.15) is 12.5 Å². The zero-order valence-electron chi connectivity index (χ0n) is 9.88. The molecule has 0 fully saturated rings. The maximum Gasteiger partial charge on any atom is 0.277 e. The first-order valence-corrected chi connectivity index (χ1v) is 6.12. The van der Waals surface area contributed by atoms with Crippen molar-refractivity contribution in [2.75, 3.05) is 14.1 Å². The fourth-order valence-corrected chi connectivity index (χ4v) is 1.78. The normalized spacial score (nSPS) is 14.2. The Morgan fingerprint density at radius 1 is 1.44 bits per heavy atom. The van der Waals surface area contributed by atoms with Gasteiger partial charge in [-0.1, -0.05) is 28.1 Å². The van der Waals surface area contributed by atoms with Crippen molar-refractivity contribution in [3.63, 3.8) is 0 Å². The van der Waals surface area contributed by atoms with Crippen molar-refractivity contribution < 1.29 is 9.69 Å². The van der Waals surface area contributed by atoms with Crippen LogP contribution in [0, 0.1) is 0 Å². The van der Waals surface area contributed by atoms with Gasteiger partial charge in [-0.15, -0.1) is 0 Å². The number of likely N-dealkylation sites (N-methyl/N-ethyl adjacent to an activating group) is 2. The summed E-state index contributed by atoms with van der Waals surface area (Å²) in [6.45, 7) is 2.79. The van der Waals surface area contributed by atoms with E-state index in [-0.39, 0.29) is 11.9 Å². The molecule has 1 amide bonds. The fourth-order valence-electron chi connectivity index (χ4n) is 1.52. The van der Waals surface area contributed by atoms with Gasteiger partial charge in [0.15, 0.2) is 6.04 Å². The van der Waals surface area contributed by atoms with Crippen molar-refractivity contribution in [2.45, 2.75) is 19.5 Å². The van der Waals surface area contributed by atoms with E-state index in [9.17, 15) is 4.79 Å². The second-order valence-corrected chi connectivity index (χ2v) is 4.90. The SMILES string of the molecule is CNC(=O)[C@H](C)[NH+](C)Cc1ccc(Br)cc1. The summed E-state index contributed by atoms with van der Waals surface area (Å²) in [6, 6.07) is 8.16. The third kappa shape index (κ3) is 3.61. The van der Waals surface area contributed by atoms with Crippen LogP contribution in [0.3, 0.4) is 0 Å². The lowest BCUT2D eigenvalue weighted by Crippen LogP contribution is -3.12. The third-order valence-electron chi connectivity index (χ3n) is 2.78. The van der Waals surface area contributed by atoms with Gasteiger partial charge in [-0.05, 0) is 19.1 Å². The zero-order chi connectivity index (χ0) is 12.1. The molecular weight excluding hydrogens is 268 g/mol. The van der Waals surface area contributed by atoms with Gasteiger partial charge < -0.3 is 10.2 Å². The van der Waals surface area contributed by atoms with Crippen molar-refractivity contribution in [1.82, 2.24) is 5.32 Å². The number of hydrogen-bond donors (Lipinski definition) is 2. The average molecular weight is 286 g/mol. The molecule has 1 aromatic carbocycles. The molecule has 88 valence electrons. The predicted octanol–water partition coefficient (Wildman–Crippen LogP) is 0.598. The number of quaternary nitrogens is 1. The highest BCUT2D eigenvalue weighted by molar-refractivity contribution is 9.10. The fraction of sp³-hybridized carbons (Fsp3) is 0.417. The number of carbonyl (C=O) groups is 1. The van der Waals surface area contributed by atoms with Gasteiger partial charge in [0.25, 0.3) is 5.91 Å². The molecule has 0 radical (unpaired) electrons. The summed E-state index contributed by atoms with van der Waals surface area (Å²) in [5.74, 6) is 0.0783. The molecule has 0 spiro atoms. The van der Waals surface area contributed by atoms with Crippen LogP contribution in [0.4, 0.5) is 0 Å². The average Bonchev–Trinajstić information content (AvgIpc) is 2.30. The van der Waals surface area contributed by atoms with Crippen LogP contribution in [-0.2, 0) is 11.3 Å². The predicted molar refractivity (Wildman–Crippen MR) is 68.3 cm³/mol. The molecule has 0 heterocycles. The standard InChI is InChI=1S/C12H17BrN2O/c1-9(12(16)14-2)15(3)8-10-4-6-11(13)7-5-10/h4-7,9H,8H2,1-3H3,(H,14,16)/p+1/t9-/m0/s1. The summed E-state index contributed by atoms with van der Waals surface area (Å²) in [4.78, 5) is 12.6. The van der Waals surface area contributed by atoms with Crippen LogP contribution in [-0.4, -0.2) is 26.0 Å². The first-order chi connectivity index (χ1) is 7.54. The van der Waals surface area contributed by atoms with Gasteiger partial charge in [-0.3, -0.25) is 4.79 Å². The molecule has 0 aromatic heterocycles. The van der Waals surface area contributed by atoms with Crippen LogP contribution in [0.15, 0.2) is 28.7 Å². The molecule has 1 rings (SSSR count). The monoisotopic (exact) mass is 285 g/mol. The lowest BCUT2D eigenvalue weighted by Gasteiger charge is -2.20. The summed E-state index contributed by atoms with van der Waals surface area (Å²) >= 11 is 3.40. The van der Waals surface area contributed by atoms with E-state index in [1.165, 1.54) is 10.5 Å². The molecule has 2 atom stereocenters. The van der Waals surface area contributed by atoms with Crippen molar-refractivity contribution in [2.24, 2.45) is 0 Å². The van der Waals surface area contributed by atoms with E-state index in [4.69, 9.17) is 0 Å². The summed E-state index contributed by atoms with van der Waals surface area (Å²) < 4.78 is 1.08. The van der Waals surface area contributed by atoms with Gasteiger partial charge in [0.2, 0.25) is 0 Å². The van der Waals surface area contributed by atoms with E-state index in [0.29, 0.717) is 0 Å². The number of halogens is 1. The topological polar surface area (TPSA) is 33.5 Å². The van der Waals surface area contributed by atoms with Gasteiger partial charge in [0.1, 0.15) is 6.54 Å². The lowest BCUT2D eigenvalue weighted by molar-refractivity contribution is -0.908. The molecule has 0 bridgehead atoms. The van der Waals surface area contributed by atoms with E-state index in [0.717, 1.165) is 11.0 Å². The van der Waals surface area contributed by atoms with Gasteiger partial charge in [0, 0.05) is 17.1 Å². The smallest absolute Gasteiger partial charge is 0.277 e. The second-order valence-electron chi connectivity index (χ2n) is 3.99. The number of benzene rings is 1. The highest BCUT2D eigenvalue weighted by Gasteiger charge is 2.20. The molecule has 0 saturated heterocycles. The van der Waals surface area contributed by atoms with Crippen LogP contribution in [0.25, 0.3) is 0 Å². The van der Waals surface area contributed by atoms with E-state index >= 15 is 0 Å². The maximum atomic E-state index is 11.5. The van der Waals surface area contributed by atoms with Crippen molar-refractivity contribution in [3.8, 4) is 0 Å². The van der Waals surface area contributed by atoms with Crippen LogP contribution >= 0.6 is 15.9 Å². The molecule has 4 heteroatoms. The van der Waals surface area contributed by atoms with Crippen LogP contribution < -0.4 is 10.2 Å². The van der Waals surface area contributed by atoms with Crippen LogP contribution in [0.5, 0.6) is 0 Å². The Hall–Kier alpha value is -0.870. The molecule has 0 aliphatic carbocycles. The summed E-state index contributed by atoms with van der Waals surface area (Å²) in [7, 11) is 3.70. The lowest BCUT2D eigenvalue weighted by atomic mass is 10.2. The Kier molecular flexibility index (Phi) is 4.96. The molecule has 0 saturated carbocycles. The van der Waals surface area contributed by atoms with E-state index in [1.807, 2.05) is 26.1 Å². The Morgan fingerprint density at radius 3 is 2.50 bits per heavy atom. The minimum atomic E-state index is -0.0337. The molecule has 0 aliphatic rings. The second kappa shape index (κ2) is 6.01. The summed E-state index contributed by atoms with van der Waals surface area (Å²) in [5.41, 5.74) is 1.23. The minimum Gasteiger partial charge on any atom is -0.354 e. The zero-order valence-corrected chi connectivity index (χ0v) is 11.5. The Labute approximate surface area is 105 Å². The summed E-state index contributed by atoms with van der Waals surface area (Å²) in [6.07, 6.45) is 0. The largest absolute Gasteiger partial charge is 0.354 e. The summed E-state index contributed by atoms with van der Waals surface area (Å²) in [5, 5.41) is 2.67. The number of amides is 1. The van der Waals surface area contributed by atoms with Crippen molar-refractivity contribution >= 4 is 21.8 Å². The van der Waals surface area contributed by atoms with Crippen molar-refractivity contribution in [3.05, 3.63) is 34.3 Å². The maximum absolute atomic E-state index is 11.5. The first-order valence-electron chi connectivity index (χ1n) is 5.33. The van der Waals surface area contributed by atoms with E-state index in [2.05, 4.69) is 33.4 Å². The number of hydrogen-bond acceptors (Lipinski definition) is 1. The number of rotatable bonds is 4. The number of carbonyl (C=O) groups excluding carboxylic acids is 1. The molecule has 2 N–H and O–H groups in total. The van der Waals surface area contributed by atoms with Gasteiger partial charge in [0.05, 0.1) is 7.05 Å². The Morgan fingerprint density at radius 2 is 2.00 bits per heavy atom. The van der Waals surface area contributed by atoms with Crippen molar-refractivity contribution in [1.29, 1.82) is 0 Å². The Balaban J connectivity index is 2.60. The van der Waals surface area contributed by atoms with E-state index in [1.54, 1.807) is 7.05 Å². The first kappa shape index (κ1) is 13.2. The molecule has 1 unspecified atom stereocenters. The highest BCUT2D eigenvalue weighted by atomic mass is 79.9. The van der Waals surface area contributed by atoms with Gasteiger partial charge >= 0.3 is 0 Å². The highest BCUT2D eigenvalue weighted by Crippen LogP contribution is 2.09. The number of nitrogens with one attached hydrogen (secondary N) is 2. The molecular formula is C12H18BrN2O+. The minimum absolute atomic E-state index is 0.0337. The van der Waals surface area contributed by atoms with Gasteiger partial charge in [-0.25, -0.2) is 0 Å². The van der Waals surface area contributed by atoms with E-state index < -0.39 is 0 Å². The quantitative estimate of drug-likeness (QED) is 0.835. The molecule has 16 heavy (non-hydrogen) atoms. The molecule has 0 aliphatic heterocycles. The molecule has 3 nitrogen and oxygen atoms in total. The molecule has 1 aromatic rings. The van der Waals surface area contributed by atoms with Gasteiger partial charge in [-0.2, -0.15) is 0 Å². The van der Waals surface area contributed by atoms with Crippen LogP contribution in [0.2, 0.25) is 0 Å².